The third kappa shape index (κ3) is 4.56. The van der Waals surface area contributed by atoms with Gasteiger partial charge in [0.1, 0.15) is 17.8 Å². The molecule has 36 heavy (non-hydrogen) atoms. The van der Waals surface area contributed by atoms with Crippen LogP contribution in [0.4, 0.5) is 5.69 Å². The van der Waals surface area contributed by atoms with Crippen LogP contribution in [-0.2, 0) is 20.9 Å². The smallest absolute Gasteiger partial charge is 0.251 e. The quantitative estimate of drug-likeness (QED) is 0.321. The van der Waals surface area contributed by atoms with E-state index in [9.17, 15) is 9.59 Å². The van der Waals surface area contributed by atoms with Crippen molar-refractivity contribution >= 4 is 39.3 Å². The van der Waals surface area contributed by atoms with Crippen molar-refractivity contribution in [1.82, 2.24) is 20.3 Å². The van der Waals surface area contributed by atoms with E-state index in [0.29, 0.717) is 23.6 Å². The van der Waals surface area contributed by atoms with Gasteiger partial charge in [0.2, 0.25) is 5.91 Å². The van der Waals surface area contributed by atoms with E-state index in [1.165, 1.54) is 15.8 Å². The third-order valence-corrected chi connectivity index (χ3v) is 5.92. The van der Waals surface area contributed by atoms with Gasteiger partial charge in [-0.1, -0.05) is 53.7 Å². The summed E-state index contributed by atoms with van der Waals surface area (Å²) in [5.41, 5.74) is 2.00. The van der Waals surface area contributed by atoms with Crippen molar-refractivity contribution in [2.45, 2.75) is 12.6 Å². The van der Waals surface area contributed by atoms with Crippen LogP contribution >= 0.6 is 0 Å². The SMILES string of the molecule is COCCNC(=O)[C@H](c1ccco1)N(C(=O)Cn1nnc2ccccc21)c1cccc2ccccc12. The number of fused-ring (bicyclic) bond motifs is 2. The Morgan fingerprint density at radius 3 is 2.67 bits per heavy atom. The molecule has 9 nitrogen and oxygen atoms in total. The molecule has 0 spiro atoms. The summed E-state index contributed by atoms with van der Waals surface area (Å²) in [6, 6.07) is 23.1. The van der Waals surface area contributed by atoms with E-state index < -0.39 is 6.04 Å². The number of methoxy groups -OCH3 is 1. The molecule has 0 bridgehead atoms. The van der Waals surface area contributed by atoms with Crippen LogP contribution in [0.1, 0.15) is 11.8 Å². The van der Waals surface area contributed by atoms with Crippen LogP contribution in [0, 0.1) is 0 Å². The number of carbonyl (C=O) groups excluding carboxylic acids is 2. The van der Waals surface area contributed by atoms with Gasteiger partial charge in [0, 0.05) is 19.0 Å². The van der Waals surface area contributed by atoms with E-state index in [-0.39, 0.29) is 24.9 Å². The average molecular weight is 484 g/mol. The highest BCUT2D eigenvalue weighted by molar-refractivity contribution is 6.07. The van der Waals surface area contributed by atoms with Gasteiger partial charge >= 0.3 is 0 Å². The minimum absolute atomic E-state index is 0.119. The van der Waals surface area contributed by atoms with Gasteiger partial charge in [-0.2, -0.15) is 0 Å². The number of amides is 2. The summed E-state index contributed by atoms with van der Waals surface area (Å²) in [5.74, 6) is -0.383. The molecule has 2 aromatic heterocycles. The van der Waals surface area contributed by atoms with Crippen molar-refractivity contribution < 1.29 is 18.7 Å². The van der Waals surface area contributed by atoms with Crippen LogP contribution in [0.25, 0.3) is 21.8 Å². The van der Waals surface area contributed by atoms with E-state index in [4.69, 9.17) is 9.15 Å². The number of ether oxygens (including phenoxy) is 1. The zero-order valence-electron chi connectivity index (χ0n) is 19.7. The lowest BCUT2D eigenvalue weighted by Crippen LogP contribution is -2.45. The van der Waals surface area contributed by atoms with E-state index in [1.54, 1.807) is 19.2 Å². The molecule has 1 atom stereocenters. The second-order valence-electron chi connectivity index (χ2n) is 8.20. The fraction of sp³-hybridized carbons (Fsp3) is 0.185. The molecule has 0 aliphatic heterocycles. The molecule has 0 aliphatic rings. The molecule has 1 N–H and O–H groups in total. The van der Waals surface area contributed by atoms with Crippen molar-refractivity contribution in [3.63, 3.8) is 0 Å². The Kier molecular flexibility index (Phi) is 6.72. The van der Waals surface area contributed by atoms with Crippen molar-refractivity contribution in [3.05, 3.63) is 90.9 Å². The number of anilines is 1. The van der Waals surface area contributed by atoms with Crippen molar-refractivity contribution in [3.8, 4) is 0 Å². The summed E-state index contributed by atoms with van der Waals surface area (Å²) in [5, 5.41) is 13.0. The molecule has 0 saturated heterocycles. The Bertz CT molecular complexity index is 1490. The summed E-state index contributed by atoms with van der Waals surface area (Å²) < 4.78 is 12.3. The van der Waals surface area contributed by atoms with Gasteiger partial charge in [-0.05, 0) is 35.7 Å². The molecule has 0 radical (unpaired) electrons. The standard InChI is InChI=1S/C27H25N5O4/c1-35-17-15-28-27(34)26(24-14-7-16-36-24)32(22-13-6-9-19-8-2-3-10-20(19)22)25(33)18-31-23-12-5-4-11-21(23)29-30-31/h2-14,16,26H,15,17-18H2,1H3,(H,28,34)/t26-/m0/s1. The summed E-state index contributed by atoms with van der Waals surface area (Å²) in [7, 11) is 1.56. The number of para-hydroxylation sites is 1. The number of carbonyl (C=O) groups is 2. The maximum atomic E-state index is 14.1. The number of hydrogen-bond donors (Lipinski definition) is 1. The van der Waals surface area contributed by atoms with Gasteiger partial charge in [0.15, 0.2) is 6.04 Å². The lowest BCUT2D eigenvalue weighted by Gasteiger charge is -2.31. The molecule has 5 aromatic rings. The summed E-state index contributed by atoms with van der Waals surface area (Å²) in [4.78, 5) is 29.1. The van der Waals surface area contributed by atoms with Crippen molar-refractivity contribution in [1.29, 1.82) is 0 Å². The number of nitrogens with one attached hydrogen (secondary N) is 1. The average Bonchev–Trinajstić information content (AvgIpc) is 3.58. The number of furan rings is 1. The van der Waals surface area contributed by atoms with Crippen LogP contribution in [-0.4, -0.2) is 47.1 Å². The van der Waals surface area contributed by atoms with Crippen LogP contribution in [0.15, 0.2) is 89.5 Å². The van der Waals surface area contributed by atoms with Gasteiger partial charge in [-0.15, -0.1) is 5.10 Å². The molecule has 3 aromatic carbocycles. The highest BCUT2D eigenvalue weighted by atomic mass is 16.5. The largest absolute Gasteiger partial charge is 0.467 e. The summed E-state index contributed by atoms with van der Waals surface area (Å²) in [6.07, 6.45) is 1.49. The van der Waals surface area contributed by atoms with Gasteiger partial charge in [0.05, 0.1) is 24.1 Å². The molecular weight excluding hydrogens is 458 g/mol. The topological polar surface area (TPSA) is 102 Å². The van der Waals surface area contributed by atoms with Crippen LogP contribution in [0.5, 0.6) is 0 Å². The molecule has 0 fully saturated rings. The lowest BCUT2D eigenvalue weighted by molar-refractivity contribution is -0.127. The molecular formula is C27H25N5O4. The van der Waals surface area contributed by atoms with Crippen LogP contribution < -0.4 is 10.2 Å². The predicted octanol–water partition coefficient (Wildman–Crippen LogP) is 3.71. The Morgan fingerprint density at radius 2 is 1.83 bits per heavy atom. The molecule has 0 aliphatic carbocycles. The first-order chi connectivity index (χ1) is 17.7. The summed E-state index contributed by atoms with van der Waals surface area (Å²) >= 11 is 0. The Labute approximate surface area is 207 Å². The lowest BCUT2D eigenvalue weighted by atomic mass is 10.0. The predicted molar refractivity (Wildman–Crippen MR) is 135 cm³/mol. The normalized spacial score (nSPS) is 12.0. The van der Waals surface area contributed by atoms with Gasteiger partial charge < -0.3 is 14.5 Å². The van der Waals surface area contributed by atoms with Crippen LogP contribution in [0.3, 0.4) is 0 Å². The molecule has 182 valence electrons. The zero-order chi connectivity index (χ0) is 24.9. The molecule has 0 unspecified atom stereocenters. The van der Waals surface area contributed by atoms with E-state index in [1.807, 2.05) is 66.7 Å². The fourth-order valence-electron chi connectivity index (χ4n) is 4.27. The molecule has 2 heterocycles. The van der Waals surface area contributed by atoms with Gasteiger partial charge in [0.25, 0.3) is 5.91 Å². The number of nitrogens with zero attached hydrogens (tertiary/aromatic N) is 4. The number of hydrogen-bond acceptors (Lipinski definition) is 6. The van der Waals surface area contributed by atoms with Crippen LogP contribution in [0.2, 0.25) is 0 Å². The number of rotatable bonds is 9. The minimum Gasteiger partial charge on any atom is -0.467 e. The first-order valence-corrected chi connectivity index (χ1v) is 11.6. The Balaban J connectivity index is 1.62. The third-order valence-electron chi connectivity index (χ3n) is 5.92. The molecule has 9 heteroatoms. The summed E-state index contributed by atoms with van der Waals surface area (Å²) in [6.45, 7) is 0.508. The number of benzene rings is 3. The second-order valence-corrected chi connectivity index (χ2v) is 8.20. The zero-order valence-corrected chi connectivity index (χ0v) is 19.7. The first-order valence-electron chi connectivity index (χ1n) is 11.6. The maximum absolute atomic E-state index is 14.1. The Hall–Kier alpha value is -4.50. The van der Waals surface area contributed by atoms with Gasteiger partial charge in [-0.3, -0.25) is 14.5 Å². The number of aromatic nitrogens is 3. The second kappa shape index (κ2) is 10.4. The first kappa shape index (κ1) is 23.3. The van der Waals surface area contributed by atoms with Crippen molar-refractivity contribution in [2.24, 2.45) is 0 Å². The Morgan fingerprint density at radius 1 is 1.03 bits per heavy atom. The maximum Gasteiger partial charge on any atom is 0.251 e. The highest BCUT2D eigenvalue weighted by Gasteiger charge is 2.35. The monoisotopic (exact) mass is 483 g/mol. The van der Waals surface area contributed by atoms with E-state index >= 15 is 0 Å². The fourth-order valence-corrected chi connectivity index (χ4v) is 4.27. The molecule has 0 saturated carbocycles. The van der Waals surface area contributed by atoms with E-state index in [2.05, 4.69) is 15.6 Å². The minimum atomic E-state index is -1.05. The van der Waals surface area contributed by atoms with E-state index in [0.717, 1.165) is 16.3 Å². The molecule has 2 amide bonds. The van der Waals surface area contributed by atoms with Gasteiger partial charge in [-0.25, -0.2) is 4.68 Å². The highest BCUT2D eigenvalue weighted by Crippen LogP contribution is 2.34. The van der Waals surface area contributed by atoms with Crippen molar-refractivity contribution in [2.75, 3.05) is 25.2 Å². The molecule has 5 rings (SSSR count).